The second-order valence-corrected chi connectivity index (χ2v) is 3.77. The highest BCUT2D eigenvalue weighted by atomic mass is 16.7. The quantitative estimate of drug-likeness (QED) is 0.315. The van der Waals surface area contributed by atoms with E-state index in [0.29, 0.717) is 31.0 Å². The molecule has 0 amide bonds. The van der Waals surface area contributed by atoms with Crippen molar-refractivity contribution in [2.75, 3.05) is 34.2 Å². The fourth-order valence-corrected chi connectivity index (χ4v) is 1.48. The van der Waals surface area contributed by atoms with Crippen LogP contribution in [0.25, 0.3) is 0 Å². The predicted octanol–water partition coefficient (Wildman–Crippen LogP) is 1.31. The Kier molecular flexibility index (Phi) is 6.80. The van der Waals surface area contributed by atoms with E-state index in [1.54, 1.807) is 13.2 Å². The summed E-state index contributed by atoms with van der Waals surface area (Å²) in [6.45, 7) is 1.79. The predicted molar refractivity (Wildman–Crippen MR) is 69.2 cm³/mol. The molecule has 0 saturated heterocycles. The van der Waals surface area contributed by atoms with Crippen molar-refractivity contribution in [3.63, 3.8) is 0 Å². The highest BCUT2D eigenvalue weighted by Crippen LogP contribution is 2.24. The van der Waals surface area contributed by atoms with E-state index in [-0.39, 0.29) is 12.5 Å². The summed E-state index contributed by atoms with van der Waals surface area (Å²) in [5.41, 5.74) is 0.746. The largest absolute Gasteiger partial charge is 0.467 e. The SMILES string of the molecule is COCCNCc1cc([N+](=O)[O-])ccc1OCOC. The van der Waals surface area contributed by atoms with Crippen LogP contribution < -0.4 is 10.1 Å². The van der Waals surface area contributed by atoms with Crippen LogP contribution >= 0.6 is 0 Å². The van der Waals surface area contributed by atoms with Crippen molar-refractivity contribution in [1.29, 1.82) is 0 Å². The van der Waals surface area contributed by atoms with Crippen LogP contribution in [-0.4, -0.2) is 39.1 Å². The van der Waals surface area contributed by atoms with Gasteiger partial charge in [0.15, 0.2) is 6.79 Å². The summed E-state index contributed by atoms with van der Waals surface area (Å²) >= 11 is 0. The van der Waals surface area contributed by atoms with E-state index >= 15 is 0 Å². The minimum absolute atomic E-state index is 0.0355. The minimum atomic E-state index is -0.432. The van der Waals surface area contributed by atoms with Gasteiger partial charge in [0.1, 0.15) is 5.75 Å². The molecule has 0 fully saturated rings. The molecule has 1 rings (SSSR count). The van der Waals surface area contributed by atoms with Crippen molar-refractivity contribution in [3.05, 3.63) is 33.9 Å². The van der Waals surface area contributed by atoms with Crippen LogP contribution in [0.5, 0.6) is 5.75 Å². The molecule has 7 heteroatoms. The van der Waals surface area contributed by atoms with Gasteiger partial charge in [0.05, 0.1) is 11.5 Å². The lowest BCUT2D eigenvalue weighted by Gasteiger charge is -2.11. The van der Waals surface area contributed by atoms with E-state index in [9.17, 15) is 10.1 Å². The number of benzene rings is 1. The van der Waals surface area contributed by atoms with Crippen molar-refractivity contribution in [1.82, 2.24) is 5.32 Å². The second kappa shape index (κ2) is 8.41. The summed E-state index contributed by atoms with van der Waals surface area (Å²) in [6, 6.07) is 4.47. The molecule has 0 bridgehead atoms. The molecule has 106 valence electrons. The van der Waals surface area contributed by atoms with Crippen LogP contribution in [0.15, 0.2) is 18.2 Å². The number of nitrogens with zero attached hydrogens (tertiary/aromatic N) is 1. The fourth-order valence-electron chi connectivity index (χ4n) is 1.48. The van der Waals surface area contributed by atoms with Gasteiger partial charge in [-0.05, 0) is 6.07 Å². The van der Waals surface area contributed by atoms with Gasteiger partial charge < -0.3 is 19.5 Å². The van der Waals surface area contributed by atoms with E-state index in [1.165, 1.54) is 19.2 Å². The Labute approximate surface area is 111 Å². The summed E-state index contributed by atoms with van der Waals surface area (Å²) in [4.78, 5) is 10.3. The number of ether oxygens (including phenoxy) is 3. The first-order valence-corrected chi connectivity index (χ1v) is 5.77. The monoisotopic (exact) mass is 270 g/mol. The molecule has 0 heterocycles. The Bertz CT molecular complexity index is 411. The molecule has 0 unspecified atom stereocenters. The normalized spacial score (nSPS) is 10.4. The van der Waals surface area contributed by atoms with E-state index in [2.05, 4.69) is 5.32 Å². The molecular weight excluding hydrogens is 252 g/mol. The molecule has 1 aromatic rings. The molecule has 1 N–H and O–H groups in total. The average molecular weight is 270 g/mol. The van der Waals surface area contributed by atoms with Gasteiger partial charge in [-0.15, -0.1) is 0 Å². The smallest absolute Gasteiger partial charge is 0.270 e. The highest BCUT2D eigenvalue weighted by molar-refractivity contribution is 5.43. The van der Waals surface area contributed by atoms with Crippen molar-refractivity contribution < 1.29 is 19.1 Å². The third-order valence-corrected chi connectivity index (χ3v) is 2.39. The first-order valence-electron chi connectivity index (χ1n) is 5.77. The molecule has 7 nitrogen and oxygen atoms in total. The number of rotatable bonds is 9. The van der Waals surface area contributed by atoms with Gasteiger partial charge in [0.2, 0.25) is 0 Å². The van der Waals surface area contributed by atoms with Crippen LogP contribution in [-0.2, 0) is 16.0 Å². The van der Waals surface area contributed by atoms with Crippen LogP contribution in [0.4, 0.5) is 5.69 Å². The van der Waals surface area contributed by atoms with Gasteiger partial charge in [-0.25, -0.2) is 0 Å². The second-order valence-electron chi connectivity index (χ2n) is 3.77. The number of methoxy groups -OCH3 is 2. The van der Waals surface area contributed by atoms with Crippen molar-refractivity contribution >= 4 is 5.69 Å². The molecule has 0 saturated carbocycles. The third kappa shape index (κ3) is 5.21. The zero-order valence-corrected chi connectivity index (χ0v) is 11.0. The van der Waals surface area contributed by atoms with Crippen molar-refractivity contribution in [2.24, 2.45) is 0 Å². The zero-order valence-electron chi connectivity index (χ0n) is 11.0. The van der Waals surface area contributed by atoms with E-state index in [0.717, 1.165) is 0 Å². The van der Waals surface area contributed by atoms with E-state index in [1.807, 2.05) is 0 Å². The number of nitro groups is 1. The number of non-ortho nitro benzene ring substituents is 1. The molecule has 1 aromatic carbocycles. The topological polar surface area (TPSA) is 82.9 Å². The first-order chi connectivity index (χ1) is 9.19. The maximum absolute atomic E-state index is 10.8. The lowest BCUT2D eigenvalue weighted by Crippen LogP contribution is -2.19. The molecule has 19 heavy (non-hydrogen) atoms. The minimum Gasteiger partial charge on any atom is -0.467 e. The fraction of sp³-hybridized carbons (Fsp3) is 0.500. The maximum atomic E-state index is 10.8. The van der Waals surface area contributed by atoms with Crippen molar-refractivity contribution in [2.45, 2.75) is 6.54 Å². The number of hydrogen-bond acceptors (Lipinski definition) is 6. The first kappa shape index (κ1) is 15.4. The molecule has 0 spiro atoms. The lowest BCUT2D eigenvalue weighted by atomic mass is 10.1. The van der Waals surface area contributed by atoms with Crippen molar-refractivity contribution in [3.8, 4) is 5.75 Å². The Morgan fingerprint density at radius 2 is 2.11 bits per heavy atom. The molecule has 0 aliphatic rings. The maximum Gasteiger partial charge on any atom is 0.270 e. The number of hydrogen-bond donors (Lipinski definition) is 1. The number of nitro benzene ring substituents is 1. The zero-order chi connectivity index (χ0) is 14.1. The summed E-state index contributed by atoms with van der Waals surface area (Å²) in [7, 11) is 3.13. The number of nitrogens with one attached hydrogen (secondary N) is 1. The summed E-state index contributed by atoms with van der Waals surface area (Å²) < 4.78 is 15.1. The van der Waals surface area contributed by atoms with Gasteiger partial charge in [-0.2, -0.15) is 0 Å². The summed E-state index contributed by atoms with van der Waals surface area (Å²) in [5, 5.41) is 13.9. The van der Waals surface area contributed by atoms with Crippen LogP contribution in [0.3, 0.4) is 0 Å². The summed E-state index contributed by atoms with van der Waals surface area (Å²) in [5.74, 6) is 0.567. The van der Waals surface area contributed by atoms with E-state index in [4.69, 9.17) is 14.2 Å². The van der Waals surface area contributed by atoms with Gasteiger partial charge in [-0.3, -0.25) is 10.1 Å². The van der Waals surface area contributed by atoms with Gasteiger partial charge in [0, 0.05) is 45.0 Å². The molecule has 0 aliphatic carbocycles. The van der Waals surface area contributed by atoms with Gasteiger partial charge in [0.25, 0.3) is 5.69 Å². The lowest BCUT2D eigenvalue weighted by molar-refractivity contribution is -0.384. The Hall–Kier alpha value is -1.70. The van der Waals surface area contributed by atoms with Gasteiger partial charge in [-0.1, -0.05) is 0 Å². The summed E-state index contributed by atoms with van der Waals surface area (Å²) in [6.07, 6.45) is 0. The van der Waals surface area contributed by atoms with Crippen LogP contribution in [0.2, 0.25) is 0 Å². The molecule has 0 atom stereocenters. The molecule has 0 aliphatic heterocycles. The van der Waals surface area contributed by atoms with Crippen LogP contribution in [0, 0.1) is 10.1 Å². The Morgan fingerprint density at radius 1 is 1.32 bits per heavy atom. The van der Waals surface area contributed by atoms with Gasteiger partial charge >= 0.3 is 0 Å². The highest BCUT2D eigenvalue weighted by Gasteiger charge is 2.11. The molecule has 0 aromatic heterocycles. The molecular formula is C12H18N2O5. The van der Waals surface area contributed by atoms with E-state index < -0.39 is 4.92 Å². The van der Waals surface area contributed by atoms with Crippen LogP contribution in [0.1, 0.15) is 5.56 Å². The Morgan fingerprint density at radius 3 is 2.74 bits per heavy atom. The molecule has 0 radical (unpaired) electrons. The third-order valence-electron chi connectivity index (χ3n) is 2.39. The average Bonchev–Trinajstić information content (AvgIpc) is 2.41. The standard InChI is InChI=1S/C12H18N2O5/c1-17-6-5-13-8-10-7-11(14(15)16)3-4-12(10)19-9-18-2/h3-4,7,13H,5-6,8-9H2,1-2H3. The Balaban J connectivity index is 2.75.